The first-order valence-corrected chi connectivity index (χ1v) is 4.95. The van der Waals surface area contributed by atoms with Crippen LogP contribution in [0.15, 0.2) is 42.5 Å². The number of aromatic hydroxyl groups is 1. The van der Waals surface area contributed by atoms with Gasteiger partial charge in [0.15, 0.2) is 23.1 Å². The standard InChI is InChI=1S/C12H8ClFO2/c13-8-5-6-10(15)12(7-8)16-11-4-2-1-3-9(11)14/h1-7,15H. The average molecular weight is 239 g/mol. The van der Waals surface area contributed by atoms with Crippen molar-refractivity contribution < 1.29 is 14.2 Å². The lowest BCUT2D eigenvalue weighted by Gasteiger charge is -2.08. The van der Waals surface area contributed by atoms with Gasteiger partial charge in [0.25, 0.3) is 0 Å². The molecule has 0 heterocycles. The molecule has 0 aliphatic carbocycles. The third-order valence-corrected chi connectivity index (χ3v) is 2.21. The summed E-state index contributed by atoms with van der Waals surface area (Å²) < 4.78 is 18.5. The summed E-state index contributed by atoms with van der Waals surface area (Å²) in [6.07, 6.45) is 0. The molecule has 0 amide bonds. The lowest BCUT2D eigenvalue weighted by atomic mass is 10.3. The van der Waals surface area contributed by atoms with Crippen LogP contribution in [0.1, 0.15) is 0 Å². The first-order chi connectivity index (χ1) is 7.66. The van der Waals surface area contributed by atoms with Gasteiger partial charge >= 0.3 is 0 Å². The summed E-state index contributed by atoms with van der Waals surface area (Å²) in [6, 6.07) is 10.3. The van der Waals surface area contributed by atoms with Crippen LogP contribution in [0.4, 0.5) is 4.39 Å². The van der Waals surface area contributed by atoms with E-state index in [2.05, 4.69) is 0 Å². The summed E-state index contributed by atoms with van der Waals surface area (Å²) in [5, 5.41) is 9.89. The molecule has 0 saturated heterocycles. The summed E-state index contributed by atoms with van der Waals surface area (Å²) in [6.45, 7) is 0. The number of halogens is 2. The van der Waals surface area contributed by atoms with Gasteiger partial charge in [-0.3, -0.25) is 0 Å². The van der Waals surface area contributed by atoms with Gasteiger partial charge in [-0.1, -0.05) is 23.7 Å². The minimum atomic E-state index is -0.498. The Morgan fingerprint density at radius 1 is 1.06 bits per heavy atom. The van der Waals surface area contributed by atoms with Crippen LogP contribution in [-0.2, 0) is 0 Å². The molecule has 0 bridgehead atoms. The maximum atomic E-state index is 13.3. The summed E-state index contributed by atoms with van der Waals surface area (Å²) in [4.78, 5) is 0. The van der Waals surface area contributed by atoms with E-state index < -0.39 is 5.82 Å². The Bertz CT molecular complexity index is 514. The van der Waals surface area contributed by atoms with E-state index in [1.54, 1.807) is 12.1 Å². The lowest BCUT2D eigenvalue weighted by molar-refractivity contribution is 0.396. The molecule has 1 N–H and O–H groups in total. The van der Waals surface area contributed by atoms with Gasteiger partial charge in [0.2, 0.25) is 0 Å². The highest BCUT2D eigenvalue weighted by atomic mass is 35.5. The van der Waals surface area contributed by atoms with E-state index in [0.717, 1.165) is 0 Å². The van der Waals surface area contributed by atoms with Crippen LogP contribution >= 0.6 is 11.6 Å². The van der Waals surface area contributed by atoms with Gasteiger partial charge in [-0.15, -0.1) is 0 Å². The molecule has 2 nitrogen and oxygen atoms in total. The van der Waals surface area contributed by atoms with Gasteiger partial charge in [0.05, 0.1) is 0 Å². The monoisotopic (exact) mass is 238 g/mol. The molecule has 0 aromatic heterocycles. The van der Waals surface area contributed by atoms with Gasteiger partial charge in [0.1, 0.15) is 0 Å². The number of ether oxygens (including phenoxy) is 1. The Morgan fingerprint density at radius 2 is 1.81 bits per heavy atom. The van der Waals surface area contributed by atoms with Gasteiger partial charge in [-0.25, -0.2) is 4.39 Å². The molecule has 0 radical (unpaired) electrons. The Morgan fingerprint density at radius 3 is 2.56 bits per heavy atom. The number of benzene rings is 2. The van der Waals surface area contributed by atoms with Crippen LogP contribution in [0.2, 0.25) is 5.02 Å². The fourth-order valence-electron chi connectivity index (χ4n) is 1.22. The van der Waals surface area contributed by atoms with Crippen molar-refractivity contribution in [3.63, 3.8) is 0 Å². The maximum Gasteiger partial charge on any atom is 0.170 e. The minimum Gasteiger partial charge on any atom is -0.504 e. The molecule has 0 atom stereocenters. The molecule has 0 unspecified atom stereocenters. The number of para-hydroxylation sites is 1. The summed E-state index contributed by atoms with van der Waals surface area (Å²) in [7, 11) is 0. The topological polar surface area (TPSA) is 29.5 Å². The van der Waals surface area contributed by atoms with Gasteiger partial charge in [-0.05, 0) is 24.3 Å². The third kappa shape index (κ3) is 2.25. The predicted molar refractivity (Wildman–Crippen MR) is 59.6 cm³/mol. The summed E-state index contributed by atoms with van der Waals surface area (Å²) in [5.74, 6) is -0.424. The maximum absolute atomic E-state index is 13.3. The summed E-state index contributed by atoms with van der Waals surface area (Å²) >= 11 is 5.74. The average Bonchev–Trinajstić information content (AvgIpc) is 2.27. The Balaban J connectivity index is 2.34. The molecule has 4 heteroatoms. The van der Waals surface area contributed by atoms with Crippen molar-refractivity contribution >= 4 is 11.6 Å². The van der Waals surface area contributed by atoms with Crippen molar-refractivity contribution in [3.8, 4) is 17.2 Å². The van der Waals surface area contributed by atoms with E-state index in [0.29, 0.717) is 5.02 Å². The number of hydrogen-bond donors (Lipinski definition) is 1. The van der Waals surface area contributed by atoms with E-state index in [-0.39, 0.29) is 17.2 Å². The van der Waals surface area contributed by atoms with Crippen LogP contribution < -0.4 is 4.74 Å². The molecule has 0 fully saturated rings. The molecular weight excluding hydrogens is 231 g/mol. The first-order valence-electron chi connectivity index (χ1n) is 4.58. The lowest BCUT2D eigenvalue weighted by Crippen LogP contribution is -1.88. The normalized spacial score (nSPS) is 10.1. The van der Waals surface area contributed by atoms with Crippen LogP contribution in [0, 0.1) is 5.82 Å². The van der Waals surface area contributed by atoms with Crippen LogP contribution in [0.5, 0.6) is 17.2 Å². The summed E-state index contributed by atoms with van der Waals surface area (Å²) in [5.41, 5.74) is 0. The highest BCUT2D eigenvalue weighted by Crippen LogP contribution is 2.33. The van der Waals surface area contributed by atoms with E-state index in [1.165, 1.54) is 30.3 Å². The Labute approximate surface area is 96.9 Å². The van der Waals surface area contributed by atoms with Crippen molar-refractivity contribution in [2.75, 3.05) is 0 Å². The fraction of sp³-hybridized carbons (Fsp3) is 0. The zero-order chi connectivity index (χ0) is 11.5. The number of hydrogen-bond acceptors (Lipinski definition) is 2. The van der Waals surface area contributed by atoms with E-state index in [4.69, 9.17) is 16.3 Å². The Kier molecular flexibility index (Phi) is 2.97. The Hall–Kier alpha value is -1.74. The van der Waals surface area contributed by atoms with E-state index in [9.17, 15) is 9.50 Å². The molecule has 16 heavy (non-hydrogen) atoms. The van der Waals surface area contributed by atoms with Crippen molar-refractivity contribution in [2.24, 2.45) is 0 Å². The smallest absolute Gasteiger partial charge is 0.170 e. The second-order valence-corrected chi connectivity index (χ2v) is 3.58. The zero-order valence-electron chi connectivity index (χ0n) is 8.15. The molecule has 0 spiro atoms. The molecule has 0 saturated carbocycles. The second kappa shape index (κ2) is 4.41. The van der Waals surface area contributed by atoms with Crippen LogP contribution in [0.3, 0.4) is 0 Å². The zero-order valence-corrected chi connectivity index (χ0v) is 8.91. The molecule has 0 aliphatic heterocycles. The largest absolute Gasteiger partial charge is 0.504 e. The molecule has 2 aromatic carbocycles. The van der Waals surface area contributed by atoms with Crippen molar-refractivity contribution in [1.29, 1.82) is 0 Å². The van der Waals surface area contributed by atoms with Gasteiger partial charge < -0.3 is 9.84 Å². The van der Waals surface area contributed by atoms with E-state index >= 15 is 0 Å². The molecular formula is C12H8ClFO2. The SMILES string of the molecule is Oc1ccc(Cl)cc1Oc1ccccc1F. The fourth-order valence-corrected chi connectivity index (χ4v) is 1.38. The minimum absolute atomic E-state index is 0.0417. The van der Waals surface area contributed by atoms with E-state index in [1.807, 2.05) is 0 Å². The molecule has 0 aliphatic rings. The van der Waals surface area contributed by atoms with Crippen molar-refractivity contribution in [3.05, 3.63) is 53.3 Å². The van der Waals surface area contributed by atoms with Gasteiger partial charge in [0, 0.05) is 11.1 Å². The number of phenolic OH excluding ortho intramolecular Hbond substituents is 1. The highest BCUT2D eigenvalue weighted by Gasteiger charge is 2.07. The quantitative estimate of drug-likeness (QED) is 0.858. The van der Waals surface area contributed by atoms with Crippen molar-refractivity contribution in [1.82, 2.24) is 0 Å². The van der Waals surface area contributed by atoms with Crippen LogP contribution in [0.25, 0.3) is 0 Å². The highest BCUT2D eigenvalue weighted by molar-refractivity contribution is 6.30. The molecule has 2 rings (SSSR count). The van der Waals surface area contributed by atoms with Crippen LogP contribution in [-0.4, -0.2) is 5.11 Å². The molecule has 82 valence electrons. The third-order valence-electron chi connectivity index (χ3n) is 1.98. The predicted octanol–water partition coefficient (Wildman–Crippen LogP) is 3.98. The second-order valence-electron chi connectivity index (χ2n) is 3.14. The number of rotatable bonds is 2. The molecule has 2 aromatic rings. The van der Waals surface area contributed by atoms with Gasteiger partial charge in [-0.2, -0.15) is 0 Å². The first kappa shape index (κ1) is 10.8. The number of phenols is 1. The van der Waals surface area contributed by atoms with Crippen molar-refractivity contribution in [2.45, 2.75) is 0 Å².